The summed E-state index contributed by atoms with van der Waals surface area (Å²) in [6.07, 6.45) is 4.62. The highest BCUT2D eigenvalue weighted by molar-refractivity contribution is 7.88. The van der Waals surface area contributed by atoms with Crippen LogP contribution in [0, 0.1) is 0 Å². The van der Waals surface area contributed by atoms with E-state index in [4.69, 9.17) is 4.74 Å². The van der Waals surface area contributed by atoms with E-state index in [2.05, 4.69) is 10.3 Å². The van der Waals surface area contributed by atoms with Crippen LogP contribution in [0.4, 0.5) is 0 Å². The lowest BCUT2D eigenvalue weighted by Crippen LogP contribution is -2.53. The Bertz CT molecular complexity index is 1570. The number of ether oxygens (including phenoxy) is 1. The summed E-state index contributed by atoms with van der Waals surface area (Å²) in [6.45, 7) is -0.0567. The third kappa shape index (κ3) is 9.49. The van der Waals surface area contributed by atoms with Crippen LogP contribution in [-0.4, -0.2) is 60.4 Å². The van der Waals surface area contributed by atoms with Crippen molar-refractivity contribution in [3.8, 4) is 5.75 Å². The number of methoxy groups -OCH3 is 1. The van der Waals surface area contributed by atoms with Gasteiger partial charge in [0.25, 0.3) is 0 Å². The summed E-state index contributed by atoms with van der Waals surface area (Å²) < 4.78 is 32.1. The maximum absolute atomic E-state index is 14.1. The highest BCUT2D eigenvalue weighted by Gasteiger charge is 2.33. The average molecular weight is 601 g/mol. The normalized spacial score (nSPS) is 12.0. The topological polar surface area (TPSA) is 109 Å². The molecule has 0 spiro atoms. The van der Waals surface area contributed by atoms with Crippen molar-refractivity contribution in [2.24, 2.45) is 0 Å². The standard InChI is InChI=1S/C33H36N4O5S/c1-42-30-15-13-29(14-16-30)24-37(32(38)25-36(43(2,40)41)23-28-11-7-4-8-12-28)31(21-26-9-5-3-6-10-26)33(39)35-22-27-17-19-34-20-18-27/h3-20,31H,21-25H2,1-2H3,(H,35,39). The molecule has 0 fully saturated rings. The summed E-state index contributed by atoms with van der Waals surface area (Å²) in [5.74, 6) is -0.183. The van der Waals surface area contributed by atoms with Gasteiger partial charge in [-0.3, -0.25) is 14.6 Å². The fourth-order valence-electron chi connectivity index (χ4n) is 4.61. The summed E-state index contributed by atoms with van der Waals surface area (Å²) in [6, 6.07) is 28.4. The van der Waals surface area contributed by atoms with Crippen LogP contribution in [0.1, 0.15) is 22.3 Å². The van der Waals surface area contributed by atoms with Gasteiger partial charge in [-0.25, -0.2) is 8.42 Å². The Morgan fingerprint density at radius 2 is 1.37 bits per heavy atom. The van der Waals surface area contributed by atoms with Crippen molar-refractivity contribution in [1.29, 1.82) is 0 Å². The SMILES string of the molecule is COc1ccc(CN(C(=O)CN(Cc2ccccc2)S(C)(=O)=O)C(Cc2ccccc2)C(=O)NCc2ccncc2)cc1. The van der Waals surface area contributed by atoms with Gasteiger partial charge in [-0.2, -0.15) is 4.31 Å². The number of nitrogens with one attached hydrogen (secondary N) is 1. The van der Waals surface area contributed by atoms with Gasteiger partial charge in [0.15, 0.2) is 0 Å². The number of carbonyl (C=O) groups is 2. The molecule has 0 saturated carbocycles. The molecule has 3 aromatic carbocycles. The molecule has 4 rings (SSSR count). The van der Waals surface area contributed by atoms with E-state index in [1.54, 1.807) is 43.8 Å². The van der Waals surface area contributed by atoms with Crippen LogP contribution in [0.2, 0.25) is 0 Å². The van der Waals surface area contributed by atoms with Gasteiger partial charge >= 0.3 is 0 Å². The number of pyridine rings is 1. The Morgan fingerprint density at radius 3 is 1.95 bits per heavy atom. The first-order valence-corrected chi connectivity index (χ1v) is 15.7. The lowest BCUT2D eigenvalue weighted by Gasteiger charge is -2.33. The van der Waals surface area contributed by atoms with E-state index in [0.29, 0.717) is 5.75 Å². The van der Waals surface area contributed by atoms with E-state index in [-0.39, 0.29) is 32.0 Å². The lowest BCUT2D eigenvalue weighted by molar-refractivity contribution is -0.141. The van der Waals surface area contributed by atoms with E-state index in [0.717, 1.165) is 32.8 Å². The van der Waals surface area contributed by atoms with Crippen LogP contribution in [0.5, 0.6) is 5.75 Å². The van der Waals surface area contributed by atoms with E-state index >= 15 is 0 Å². The Morgan fingerprint density at radius 1 is 0.791 bits per heavy atom. The van der Waals surface area contributed by atoms with Crippen molar-refractivity contribution in [2.45, 2.75) is 32.1 Å². The third-order valence-corrected chi connectivity index (χ3v) is 8.18. The second kappa shape index (κ2) is 15.1. The van der Waals surface area contributed by atoms with Crippen LogP contribution < -0.4 is 10.1 Å². The second-order valence-electron chi connectivity index (χ2n) is 10.2. The van der Waals surface area contributed by atoms with Gasteiger partial charge in [0.2, 0.25) is 21.8 Å². The Labute approximate surface area is 253 Å². The number of hydrogen-bond acceptors (Lipinski definition) is 6. The average Bonchev–Trinajstić information content (AvgIpc) is 3.02. The fourth-order valence-corrected chi connectivity index (χ4v) is 5.34. The van der Waals surface area contributed by atoms with E-state index in [1.165, 1.54) is 4.90 Å². The number of nitrogens with zero attached hydrogens (tertiary/aromatic N) is 3. The first-order chi connectivity index (χ1) is 20.7. The zero-order chi connectivity index (χ0) is 30.7. The molecule has 0 aliphatic carbocycles. The summed E-state index contributed by atoms with van der Waals surface area (Å²) in [7, 11) is -2.19. The van der Waals surface area contributed by atoms with Gasteiger partial charge in [-0.05, 0) is 46.5 Å². The summed E-state index contributed by atoms with van der Waals surface area (Å²) in [4.78, 5) is 33.5. The largest absolute Gasteiger partial charge is 0.497 e. The lowest BCUT2D eigenvalue weighted by atomic mass is 10.0. The number of benzene rings is 3. The molecular weight excluding hydrogens is 564 g/mol. The number of hydrogen-bond donors (Lipinski definition) is 1. The number of rotatable bonds is 14. The molecule has 0 aliphatic rings. The molecule has 10 heteroatoms. The van der Waals surface area contributed by atoms with Gasteiger partial charge in [-0.15, -0.1) is 0 Å². The molecule has 1 unspecified atom stereocenters. The molecule has 0 bridgehead atoms. The van der Waals surface area contributed by atoms with Crippen molar-refractivity contribution in [2.75, 3.05) is 19.9 Å². The summed E-state index contributed by atoms with van der Waals surface area (Å²) in [5.41, 5.74) is 3.24. The molecule has 4 aromatic rings. The van der Waals surface area contributed by atoms with Gasteiger partial charge in [0, 0.05) is 38.4 Å². The van der Waals surface area contributed by atoms with Crippen molar-refractivity contribution >= 4 is 21.8 Å². The monoisotopic (exact) mass is 600 g/mol. The molecular formula is C33H36N4O5S. The first-order valence-electron chi connectivity index (χ1n) is 13.8. The van der Waals surface area contributed by atoms with Gasteiger partial charge in [0.1, 0.15) is 11.8 Å². The van der Waals surface area contributed by atoms with Crippen molar-refractivity contribution in [1.82, 2.24) is 19.5 Å². The van der Waals surface area contributed by atoms with Gasteiger partial charge in [-0.1, -0.05) is 72.8 Å². The molecule has 43 heavy (non-hydrogen) atoms. The molecule has 1 heterocycles. The molecule has 1 aromatic heterocycles. The number of sulfonamides is 1. The molecule has 2 amide bonds. The summed E-state index contributed by atoms with van der Waals surface area (Å²) >= 11 is 0. The molecule has 0 radical (unpaired) electrons. The molecule has 0 aliphatic heterocycles. The van der Waals surface area contributed by atoms with Crippen molar-refractivity contribution < 1.29 is 22.7 Å². The Hall–Kier alpha value is -4.54. The van der Waals surface area contributed by atoms with Gasteiger partial charge < -0.3 is 15.0 Å². The quantitative estimate of drug-likeness (QED) is 0.236. The van der Waals surface area contributed by atoms with Crippen LogP contribution in [0.25, 0.3) is 0 Å². The predicted molar refractivity (Wildman–Crippen MR) is 165 cm³/mol. The van der Waals surface area contributed by atoms with Crippen LogP contribution >= 0.6 is 0 Å². The molecule has 1 N–H and O–H groups in total. The van der Waals surface area contributed by atoms with E-state index in [1.807, 2.05) is 72.8 Å². The minimum Gasteiger partial charge on any atom is -0.497 e. The molecule has 9 nitrogen and oxygen atoms in total. The number of carbonyl (C=O) groups excluding carboxylic acids is 2. The first kappa shape index (κ1) is 31.4. The summed E-state index contributed by atoms with van der Waals surface area (Å²) in [5, 5.41) is 2.97. The maximum atomic E-state index is 14.1. The Kier molecular flexibility index (Phi) is 11.0. The zero-order valence-electron chi connectivity index (χ0n) is 24.3. The van der Waals surface area contributed by atoms with Crippen molar-refractivity contribution in [3.05, 3.63) is 132 Å². The highest BCUT2D eigenvalue weighted by Crippen LogP contribution is 2.19. The van der Waals surface area contributed by atoms with E-state index < -0.39 is 28.5 Å². The molecule has 224 valence electrons. The van der Waals surface area contributed by atoms with E-state index in [9.17, 15) is 18.0 Å². The second-order valence-corrected chi connectivity index (χ2v) is 12.1. The minimum atomic E-state index is -3.76. The minimum absolute atomic E-state index is 0.0272. The molecule has 0 saturated heterocycles. The number of amides is 2. The molecule has 1 atom stereocenters. The zero-order valence-corrected chi connectivity index (χ0v) is 25.1. The van der Waals surface area contributed by atoms with Crippen LogP contribution in [0.15, 0.2) is 109 Å². The third-order valence-electron chi connectivity index (χ3n) is 6.98. The maximum Gasteiger partial charge on any atom is 0.243 e. The fraction of sp³-hybridized carbons (Fsp3) is 0.242. The van der Waals surface area contributed by atoms with Gasteiger partial charge in [0.05, 0.1) is 19.9 Å². The number of aromatic nitrogens is 1. The van der Waals surface area contributed by atoms with Crippen LogP contribution in [-0.2, 0) is 45.7 Å². The van der Waals surface area contributed by atoms with Crippen LogP contribution in [0.3, 0.4) is 0 Å². The highest BCUT2D eigenvalue weighted by atomic mass is 32.2. The Balaban J connectivity index is 1.68. The smallest absolute Gasteiger partial charge is 0.243 e. The van der Waals surface area contributed by atoms with Crippen molar-refractivity contribution in [3.63, 3.8) is 0 Å². The predicted octanol–water partition coefficient (Wildman–Crippen LogP) is 3.81.